The van der Waals surface area contributed by atoms with E-state index < -0.39 is 5.97 Å². The molecule has 0 fully saturated rings. The van der Waals surface area contributed by atoms with E-state index in [2.05, 4.69) is 0 Å². The Balaban J connectivity index is 2.34. The predicted octanol–water partition coefficient (Wildman–Crippen LogP) is 1.14. The number of nitrogens with zero attached hydrogens (tertiary/aromatic N) is 1. The summed E-state index contributed by atoms with van der Waals surface area (Å²) in [5, 5.41) is 8.63. The predicted molar refractivity (Wildman–Crippen MR) is 66.0 cm³/mol. The lowest BCUT2D eigenvalue weighted by atomic mass is 10.2. The highest BCUT2D eigenvalue weighted by atomic mass is 16.5. The zero-order valence-electron chi connectivity index (χ0n) is 10.3. The second kappa shape index (κ2) is 7.45. The van der Waals surface area contributed by atoms with Crippen LogP contribution in [0.3, 0.4) is 0 Å². The maximum atomic E-state index is 11.6. The second-order valence-electron chi connectivity index (χ2n) is 3.78. The van der Waals surface area contributed by atoms with E-state index in [1.807, 2.05) is 30.3 Å². The first kappa shape index (κ1) is 14.2. The number of carbonyl (C=O) groups is 2. The Bertz CT molecular complexity index is 391. The molecule has 0 aliphatic carbocycles. The van der Waals surface area contributed by atoms with Gasteiger partial charge >= 0.3 is 5.97 Å². The summed E-state index contributed by atoms with van der Waals surface area (Å²) in [7, 11) is 0. The number of ether oxygens (including phenoxy) is 1. The van der Waals surface area contributed by atoms with Gasteiger partial charge in [-0.2, -0.15) is 0 Å². The first-order valence-corrected chi connectivity index (χ1v) is 5.74. The maximum absolute atomic E-state index is 11.6. The lowest BCUT2D eigenvalue weighted by Gasteiger charge is -2.18. The molecule has 0 spiro atoms. The van der Waals surface area contributed by atoms with Gasteiger partial charge in [0.05, 0.1) is 6.61 Å². The molecule has 18 heavy (non-hydrogen) atoms. The number of aliphatic carboxylic acids is 1. The highest BCUT2D eigenvalue weighted by molar-refractivity contribution is 5.82. The Morgan fingerprint density at radius 3 is 2.50 bits per heavy atom. The lowest BCUT2D eigenvalue weighted by molar-refractivity contribution is -0.146. The summed E-state index contributed by atoms with van der Waals surface area (Å²) in [4.78, 5) is 23.4. The number of likely N-dealkylation sites (N-methyl/N-ethyl adjacent to an activating group) is 1. The molecule has 1 aromatic carbocycles. The third-order valence-corrected chi connectivity index (χ3v) is 2.40. The molecular formula is C13H17NO4. The standard InChI is InChI=1S/C13H17NO4/c1-2-14(8-13(16)17)12(15)10-18-9-11-6-4-3-5-7-11/h3-7H,2,8-10H2,1H3,(H,16,17). The van der Waals surface area contributed by atoms with Crippen molar-refractivity contribution in [2.24, 2.45) is 0 Å². The highest BCUT2D eigenvalue weighted by Crippen LogP contribution is 2.01. The molecule has 0 saturated carbocycles. The molecule has 1 N–H and O–H groups in total. The van der Waals surface area contributed by atoms with Crippen molar-refractivity contribution in [2.75, 3.05) is 19.7 Å². The maximum Gasteiger partial charge on any atom is 0.323 e. The van der Waals surface area contributed by atoms with Crippen LogP contribution in [-0.2, 0) is 20.9 Å². The van der Waals surface area contributed by atoms with Gasteiger partial charge in [-0.25, -0.2) is 0 Å². The van der Waals surface area contributed by atoms with Gasteiger partial charge in [0, 0.05) is 6.54 Å². The van der Waals surface area contributed by atoms with E-state index in [9.17, 15) is 9.59 Å². The average molecular weight is 251 g/mol. The number of carboxylic acids is 1. The number of rotatable bonds is 7. The summed E-state index contributed by atoms with van der Waals surface area (Å²) >= 11 is 0. The molecule has 0 aliphatic heterocycles. The molecule has 0 aromatic heterocycles. The van der Waals surface area contributed by atoms with E-state index >= 15 is 0 Å². The Morgan fingerprint density at radius 1 is 1.28 bits per heavy atom. The molecule has 0 aliphatic rings. The number of benzene rings is 1. The summed E-state index contributed by atoms with van der Waals surface area (Å²) in [5.41, 5.74) is 0.978. The highest BCUT2D eigenvalue weighted by Gasteiger charge is 2.14. The SMILES string of the molecule is CCN(CC(=O)O)C(=O)COCc1ccccc1. The zero-order chi connectivity index (χ0) is 13.4. The normalized spacial score (nSPS) is 10.1. The minimum atomic E-state index is -1.02. The van der Waals surface area contributed by atoms with Crippen LogP contribution in [0.4, 0.5) is 0 Å². The minimum absolute atomic E-state index is 0.101. The number of carbonyl (C=O) groups excluding carboxylic acids is 1. The van der Waals surface area contributed by atoms with E-state index in [0.29, 0.717) is 13.2 Å². The molecule has 1 rings (SSSR count). The van der Waals surface area contributed by atoms with Gasteiger partial charge < -0.3 is 14.7 Å². The monoisotopic (exact) mass is 251 g/mol. The van der Waals surface area contributed by atoms with Crippen molar-refractivity contribution >= 4 is 11.9 Å². The third-order valence-electron chi connectivity index (χ3n) is 2.40. The van der Waals surface area contributed by atoms with E-state index in [4.69, 9.17) is 9.84 Å². The largest absolute Gasteiger partial charge is 0.480 e. The van der Waals surface area contributed by atoms with Crippen molar-refractivity contribution < 1.29 is 19.4 Å². The molecule has 1 amide bonds. The quantitative estimate of drug-likeness (QED) is 0.789. The fourth-order valence-corrected chi connectivity index (χ4v) is 1.46. The Hall–Kier alpha value is -1.88. The molecule has 0 radical (unpaired) electrons. The summed E-state index contributed by atoms with van der Waals surface area (Å²) in [6.45, 7) is 2.05. The van der Waals surface area contributed by atoms with Gasteiger partial charge in [-0.1, -0.05) is 30.3 Å². The molecule has 0 atom stereocenters. The number of hydrogen-bond acceptors (Lipinski definition) is 3. The van der Waals surface area contributed by atoms with Crippen molar-refractivity contribution in [1.29, 1.82) is 0 Å². The zero-order valence-corrected chi connectivity index (χ0v) is 10.3. The molecule has 0 heterocycles. The summed E-state index contributed by atoms with van der Waals surface area (Å²) in [6.07, 6.45) is 0. The number of carboxylic acid groups (broad SMARTS) is 1. The van der Waals surface area contributed by atoms with Crippen LogP contribution in [0.25, 0.3) is 0 Å². The van der Waals surface area contributed by atoms with Gasteiger partial charge in [0.25, 0.3) is 0 Å². The van der Waals surface area contributed by atoms with Crippen LogP contribution in [0.2, 0.25) is 0 Å². The number of amides is 1. The fourth-order valence-electron chi connectivity index (χ4n) is 1.46. The van der Waals surface area contributed by atoms with Crippen LogP contribution in [-0.4, -0.2) is 41.6 Å². The number of hydrogen-bond donors (Lipinski definition) is 1. The van der Waals surface area contributed by atoms with Crippen molar-refractivity contribution in [3.63, 3.8) is 0 Å². The van der Waals surface area contributed by atoms with Gasteiger partial charge in [0.2, 0.25) is 5.91 Å². The Kier molecular flexibility index (Phi) is 5.87. The molecule has 0 bridgehead atoms. The minimum Gasteiger partial charge on any atom is -0.480 e. The van der Waals surface area contributed by atoms with E-state index in [0.717, 1.165) is 5.56 Å². The van der Waals surface area contributed by atoms with Crippen molar-refractivity contribution in [3.05, 3.63) is 35.9 Å². The molecule has 98 valence electrons. The topological polar surface area (TPSA) is 66.8 Å². The smallest absolute Gasteiger partial charge is 0.323 e. The molecule has 5 heteroatoms. The van der Waals surface area contributed by atoms with Gasteiger partial charge in [-0.15, -0.1) is 0 Å². The van der Waals surface area contributed by atoms with Crippen molar-refractivity contribution in [3.8, 4) is 0 Å². The Labute approximate surface area is 106 Å². The summed E-state index contributed by atoms with van der Waals surface area (Å²) in [5.74, 6) is -1.33. The molecule has 0 unspecified atom stereocenters. The second-order valence-corrected chi connectivity index (χ2v) is 3.78. The first-order valence-electron chi connectivity index (χ1n) is 5.74. The van der Waals surface area contributed by atoms with Gasteiger partial charge in [-0.05, 0) is 12.5 Å². The van der Waals surface area contributed by atoms with Crippen LogP contribution in [0, 0.1) is 0 Å². The molecular weight excluding hydrogens is 234 g/mol. The van der Waals surface area contributed by atoms with E-state index in [1.54, 1.807) is 6.92 Å². The first-order chi connectivity index (χ1) is 8.63. The van der Waals surface area contributed by atoms with Crippen LogP contribution in [0.5, 0.6) is 0 Å². The van der Waals surface area contributed by atoms with Crippen LogP contribution in [0.15, 0.2) is 30.3 Å². The molecule has 1 aromatic rings. The van der Waals surface area contributed by atoms with Gasteiger partial charge in [0.1, 0.15) is 13.2 Å². The van der Waals surface area contributed by atoms with Crippen molar-refractivity contribution in [2.45, 2.75) is 13.5 Å². The van der Waals surface area contributed by atoms with Crippen molar-refractivity contribution in [1.82, 2.24) is 4.90 Å². The van der Waals surface area contributed by atoms with Crippen LogP contribution < -0.4 is 0 Å². The summed E-state index contributed by atoms with van der Waals surface area (Å²) < 4.78 is 5.26. The van der Waals surface area contributed by atoms with Gasteiger partial charge in [0.15, 0.2) is 0 Å². The van der Waals surface area contributed by atoms with Gasteiger partial charge in [-0.3, -0.25) is 9.59 Å². The molecule has 5 nitrogen and oxygen atoms in total. The third kappa shape index (κ3) is 4.97. The van der Waals surface area contributed by atoms with E-state index in [1.165, 1.54) is 4.90 Å². The average Bonchev–Trinajstić information content (AvgIpc) is 2.36. The summed E-state index contributed by atoms with van der Waals surface area (Å²) in [6, 6.07) is 9.49. The van der Waals surface area contributed by atoms with Crippen LogP contribution in [0.1, 0.15) is 12.5 Å². The van der Waals surface area contributed by atoms with E-state index in [-0.39, 0.29) is 19.1 Å². The lowest BCUT2D eigenvalue weighted by Crippen LogP contribution is -2.37. The fraction of sp³-hybridized carbons (Fsp3) is 0.385. The van der Waals surface area contributed by atoms with Crippen LogP contribution >= 0.6 is 0 Å². The Morgan fingerprint density at radius 2 is 1.94 bits per heavy atom. The molecule has 0 saturated heterocycles.